The normalized spacial score (nSPS) is 17.4. The van der Waals surface area contributed by atoms with Crippen LogP contribution in [-0.2, 0) is 4.74 Å². The van der Waals surface area contributed by atoms with Crippen molar-refractivity contribution in [3.63, 3.8) is 0 Å². The van der Waals surface area contributed by atoms with Crippen molar-refractivity contribution < 1.29 is 9.53 Å². The van der Waals surface area contributed by atoms with E-state index in [1.807, 2.05) is 36.4 Å². The Morgan fingerprint density at radius 1 is 1.00 bits per heavy atom. The number of amides is 1. The number of anilines is 2. The molecule has 1 N–H and O–H groups in total. The SMILES string of the molecule is O=C1NC[C@H](CN(c2ccccc2)c2ccccc2)O1. The molecule has 1 heterocycles. The summed E-state index contributed by atoms with van der Waals surface area (Å²) in [5.74, 6) is 0. The van der Waals surface area contributed by atoms with Crippen molar-refractivity contribution in [2.45, 2.75) is 6.10 Å². The number of rotatable bonds is 4. The molecule has 102 valence electrons. The standard InChI is InChI=1S/C16H16N2O2/c19-16-17-11-15(20-16)12-18(13-7-3-1-4-8-13)14-9-5-2-6-10-14/h1-10,15H,11-12H2,(H,17,19)/t15-/m1/s1. The predicted molar refractivity (Wildman–Crippen MR) is 78.2 cm³/mol. The van der Waals surface area contributed by atoms with Crippen molar-refractivity contribution >= 4 is 17.5 Å². The third kappa shape index (κ3) is 2.74. The van der Waals surface area contributed by atoms with E-state index in [0.29, 0.717) is 13.1 Å². The molecule has 3 rings (SSSR count). The van der Waals surface area contributed by atoms with E-state index in [1.165, 1.54) is 0 Å². The molecule has 2 aromatic carbocycles. The number of nitrogens with one attached hydrogen (secondary N) is 1. The summed E-state index contributed by atoms with van der Waals surface area (Å²) >= 11 is 0. The summed E-state index contributed by atoms with van der Waals surface area (Å²) in [5, 5.41) is 2.69. The lowest BCUT2D eigenvalue weighted by Gasteiger charge is -2.26. The fourth-order valence-corrected chi connectivity index (χ4v) is 2.31. The second-order valence-electron chi connectivity index (χ2n) is 4.69. The minimum atomic E-state index is -0.337. The largest absolute Gasteiger partial charge is 0.442 e. The first kappa shape index (κ1) is 12.5. The summed E-state index contributed by atoms with van der Waals surface area (Å²) < 4.78 is 5.24. The zero-order valence-corrected chi connectivity index (χ0v) is 11.0. The average molecular weight is 268 g/mol. The first-order valence-corrected chi connectivity index (χ1v) is 6.65. The molecule has 4 nitrogen and oxygen atoms in total. The number of ether oxygens (including phenoxy) is 1. The molecular weight excluding hydrogens is 252 g/mol. The smallest absolute Gasteiger partial charge is 0.407 e. The molecule has 1 fully saturated rings. The van der Waals surface area contributed by atoms with E-state index in [-0.39, 0.29) is 12.2 Å². The Bertz CT molecular complexity index is 532. The summed E-state index contributed by atoms with van der Waals surface area (Å²) in [6, 6.07) is 20.2. The number of carbonyl (C=O) groups is 1. The predicted octanol–water partition coefficient (Wildman–Crippen LogP) is 2.93. The van der Waals surface area contributed by atoms with E-state index in [9.17, 15) is 4.79 Å². The molecule has 1 amide bonds. The molecule has 0 bridgehead atoms. The number of para-hydroxylation sites is 2. The minimum absolute atomic E-state index is 0.136. The summed E-state index contributed by atoms with van der Waals surface area (Å²) in [6.07, 6.45) is -0.473. The first-order chi connectivity index (χ1) is 9.83. The molecule has 4 heteroatoms. The van der Waals surface area contributed by atoms with Gasteiger partial charge in [-0.15, -0.1) is 0 Å². The van der Waals surface area contributed by atoms with Crippen LogP contribution in [0.4, 0.5) is 16.2 Å². The fraction of sp³-hybridized carbons (Fsp3) is 0.188. The van der Waals surface area contributed by atoms with Gasteiger partial charge in [0.05, 0.1) is 13.1 Å². The Hall–Kier alpha value is -2.49. The Morgan fingerprint density at radius 3 is 2.00 bits per heavy atom. The lowest BCUT2D eigenvalue weighted by atomic mass is 10.2. The van der Waals surface area contributed by atoms with Gasteiger partial charge in [-0.25, -0.2) is 4.79 Å². The van der Waals surface area contributed by atoms with Gasteiger partial charge >= 0.3 is 6.09 Å². The van der Waals surface area contributed by atoms with Gasteiger partial charge in [0.25, 0.3) is 0 Å². The second kappa shape index (κ2) is 5.65. The summed E-state index contributed by atoms with van der Waals surface area (Å²) in [7, 11) is 0. The number of carbonyl (C=O) groups excluding carboxylic acids is 1. The molecule has 0 spiro atoms. The van der Waals surface area contributed by atoms with Gasteiger partial charge in [0.1, 0.15) is 6.10 Å². The highest BCUT2D eigenvalue weighted by molar-refractivity contribution is 5.70. The highest BCUT2D eigenvalue weighted by Crippen LogP contribution is 2.25. The number of nitrogens with zero attached hydrogens (tertiary/aromatic N) is 1. The molecular formula is C16H16N2O2. The molecule has 1 aliphatic rings. The highest BCUT2D eigenvalue weighted by atomic mass is 16.6. The van der Waals surface area contributed by atoms with Gasteiger partial charge in [-0.05, 0) is 24.3 Å². The molecule has 0 aliphatic carbocycles. The topological polar surface area (TPSA) is 41.6 Å². The molecule has 1 atom stereocenters. The lowest BCUT2D eigenvalue weighted by molar-refractivity contribution is 0.144. The van der Waals surface area contributed by atoms with Gasteiger partial charge in [0, 0.05) is 11.4 Å². The Balaban J connectivity index is 1.86. The number of benzene rings is 2. The van der Waals surface area contributed by atoms with Crippen LogP contribution in [0.1, 0.15) is 0 Å². The van der Waals surface area contributed by atoms with E-state index >= 15 is 0 Å². The zero-order chi connectivity index (χ0) is 13.8. The Morgan fingerprint density at radius 2 is 1.55 bits per heavy atom. The number of alkyl carbamates (subject to hydrolysis) is 1. The van der Waals surface area contributed by atoms with Crippen LogP contribution in [0.15, 0.2) is 60.7 Å². The third-order valence-corrected chi connectivity index (χ3v) is 3.27. The van der Waals surface area contributed by atoms with E-state index < -0.39 is 0 Å². The molecule has 1 aliphatic heterocycles. The number of cyclic esters (lactones) is 1. The van der Waals surface area contributed by atoms with Gasteiger partial charge in [-0.2, -0.15) is 0 Å². The fourth-order valence-electron chi connectivity index (χ4n) is 2.31. The molecule has 1 saturated heterocycles. The highest BCUT2D eigenvalue weighted by Gasteiger charge is 2.25. The molecule has 2 aromatic rings. The second-order valence-corrected chi connectivity index (χ2v) is 4.69. The maximum absolute atomic E-state index is 11.2. The van der Waals surface area contributed by atoms with Gasteiger partial charge in [0.15, 0.2) is 0 Å². The number of hydrogen-bond acceptors (Lipinski definition) is 3. The maximum Gasteiger partial charge on any atom is 0.407 e. The molecule has 20 heavy (non-hydrogen) atoms. The maximum atomic E-state index is 11.2. The number of hydrogen-bond donors (Lipinski definition) is 1. The molecule has 0 radical (unpaired) electrons. The van der Waals surface area contributed by atoms with Crippen LogP contribution < -0.4 is 10.2 Å². The quantitative estimate of drug-likeness (QED) is 0.927. The Labute approximate surface area is 118 Å². The first-order valence-electron chi connectivity index (χ1n) is 6.65. The van der Waals surface area contributed by atoms with Crippen molar-refractivity contribution in [3.8, 4) is 0 Å². The molecule has 0 aromatic heterocycles. The third-order valence-electron chi connectivity index (χ3n) is 3.27. The summed E-state index contributed by atoms with van der Waals surface area (Å²) in [4.78, 5) is 13.3. The van der Waals surface area contributed by atoms with Gasteiger partial charge in [-0.1, -0.05) is 36.4 Å². The lowest BCUT2D eigenvalue weighted by Crippen LogP contribution is -2.31. The van der Waals surface area contributed by atoms with Crippen LogP contribution in [0.2, 0.25) is 0 Å². The van der Waals surface area contributed by atoms with Gasteiger partial charge in [-0.3, -0.25) is 0 Å². The monoisotopic (exact) mass is 268 g/mol. The van der Waals surface area contributed by atoms with Crippen molar-refractivity contribution in [1.82, 2.24) is 5.32 Å². The van der Waals surface area contributed by atoms with Crippen LogP contribution >= 0.6 is 0 Å². The van der Waals surface area contributed by atoms with Crippen LogP contribution in [0.5, 0.6) is 0 Å². The van der Waals surface area contributed by atoms with E-state index in [4.69, 9.17) is 4.74 Å². The molecule has 0 saturated carbocycles. The van der Waals surface area contributed by atoms with Crippen LogP contribution in [0.3, 0.4) is 0 Å². The Kier molecular flexibility index (Phi) is 3.54. The zero-order valence-electron chi connectivity index (χ0n) is 11.0. The van der Waals surface area contributed by atoms with Crippen molar-refractivity contribution in [3.05, 3.63) is 60.7 Å². The van der Waals surface area contributed by atoms with Crippen molar-refractivity contribution in [1.29, 1.82) is 0 Å². The minimum Gasteiger partial charge on any atom is -0.442 e. The van der Waals surface area contributed by atoms with E-state index in [1.54, 1.807) is 0 Å². The van der Waals surface area contributed by atoms with Crippen LogP contribution in [0.25, 0.3) is 0 Å². The van der Waals surface area contributed by atoms with Crippen LogP contribution in [-0.4, -0.2) is 25.3 Å². The van der Waals surface area contributed by atoms with Gasteiger partial charge < -0.3 is 15.0 Å². The van der Waals surface area contributed by atoms with Crippen LogP contribution in [0, 0.1) is 0 Å². The van der Waals surface area contributed by atoms with E-state index in [0.717, 1.165) is 11.4 Å². The van der Waals surface area contributed by atoms with Gasteiger partial charge in [0.2, 0.25) is 0 Å². The summed E-state index contributed by atoms with van der Waals surface area (Å²) in [5.41, 5.74) is 2.17. The summed E-state index contributed by atoms with van der Waals surface area (Å²) in [6.45, 7) is 1.18. The van der Waals surface area contributed by atoms with Crippen molar-refractivity contribution in [2.24, 2.45) is 0 Å². The average Bonchev–Trinajstić information content (AvgIpc) is 2.92. The van der Waals surface area contributed by atoms with Crippen molar-refractivity contribution in [2.75, 3.05) is 18.0 Å². The van der Waals surface area contributed by atoms with E-state index in [2.05, 4.69) is 34.5 Å². The molecule has 0 unspecified atom stereocenters.